The predicted molar refractivity (Wildman–Crippen MR) is 59.9 cm³/mol. The number of nitrogens with zero attached hydrogens (tertiary/aromatic N) is 2. The third kappa shape index (κ3) is 2.01. The first kappa shape index (κ1) is 10.1. The number of aromatic nitrogens is 1. The van der Waals surface area contributed by atoms with Crippen molar-refractivity contribution in [3.63, 3.8) is 0 Å². The molecule has 0 saturated carbocycles. The van der Waals surface area contributed by atoms with E-state index in [1.807, 2.05) is 17.0 Å². The van der Waals surface area contributed by atoms with Gasteiger partial charge in [0.05, 0.1) is 11.9 Å². The van der Waals surface area contributed by atoms with E-state index >= 15 is 0 Å². The number of hydrogen-bond acceptors (Lipinski definition) is 2. The number of pyridine rings is 1. The minimum absolute atomic E-state index is 0.217. The lowest BCUT2D eigenvalue weighted by molar-refractivity contribution is -0.117. The van der Waals surface area contributed by atoms with E-state index in [0.29, 0.717) is 12.3 Å². The Morgan fingerprint density at radius 2 is 2.20 bits per heavy atom. The fourth-order valence-corrected chi connectivity index (χ4v) is 1.82. The van der Waals surface area contributed by atoms with E-state index in [1.54, 1.807) is 6.20 Å². The highest BCUT2D eigenvalue weighted by Gasteiger charge is 2.21. The summed E-state index contributed by atoms with van der Waals surface area (Å²) in [6.07, 6.45) is 3.44. The summed E-state index contributed by atoms with van der Waals surface area (Å²) in [6.45, 7) is 5.06. The minimum Gasteiger partial charge on any atom is -0.311 e. The summed E-state index contributed by atoms with van der Waals surface area (Å²) < 4.78 is 0. The van der Waals surface area contributed by atoms with Gasteiger partial charge in [0.15, 0.2) is 0 Å². The van der Waals surface area contributed by atoms with Crippen LogP contribution in [0.5, 0.6) is 0 Å². The topological polar surface area (TPSA) is 33.2 Å². The summed E-state index contributed by atoms with van der Waals surface area (Å²) in [5, 5.41) is 0. The second-order valence-corrected chi connectivity index (χ2v) is 4.24. The molecule has 2 heterocycles. The van der Waals surface area contributed by atoms with E-state index in [0.717, 1.165) is 24.3 Å². The Balaban J connectivity index is 2.19. The van der Waals surface area contributed by atoms with Gasteiger partial charge in [0.25, 0.3) is 0 Å². The maximum atomic E-state index is 11.5. The van der Waals surface area contributed by atoms with Gasteiger partial charge < -0.3 is 4.90 Å². The fourth-order valence-electron chi connectivity index (χ4n) is 1.82. The quantitative estimate of drug-likeness (QED) is 0.740. The van der Waals surface area contributed by atoms with Crippen LogP contribution in [-0.2, 0) is 4.79 Å². The summed E-state index contributed by atoms with van der Waals surface area (Å²) in [6, 6.07) is 4.00. The molecule has 80 valence electrons. The molecule has 0 spiro atoms. The Morgan fingerprint density at radius 3 is 2.67 bits per heavy atom. The third-order valence-electron chi connectivity index (χ3n) is 2.75. The van der Waals surface area contributed by atoms with Crippen molar-refractivity contribution in [1.82, 2.24) is 4.98 Å². The molecule has 1 aromatic heterocycles. The van der Waals surface area contributed by atoms with E-state index in [2.05, 4.69) is 18.8 Å². The standard InChI is InChI=1S/C12H16N2O/c1-9(2)11-6-5-10(8-13-11)14-7-3-4-12(14)15/h5-6,8-9H,3-4,7H2,1-2H3. The predicted octanol–water partition coefficient (Wildman–Crippen LogP) is 2.33. The molecular weight excluding hydrogens is 188 g/mol. The lowest BCUT2D eigenvalue weighted by Crippen LogP contribution is -2.23. The summed E-state index contributed by atoms with van der Waals surface area (Å²) in [7, 11) is 0. The molecule has 3 heteroatoms. The normalized spacial score (nSPS) is 16.5. The monoisotopic (exact) mass is 204 g/mol. The summed E-state index contributed by atoms with van der Waals surface area (Å²) >= 11 is 0. The van der Waals surface area contributed by atoms with Gasteiger partial charge in [-0.25, -0.2) is 0 Å². The molecule has 2 rings (SSSR count). The number of carbonyl (C=O) groups excluding carboxylic acids is 1. The Bertz CT molecular complexity index is 356. The van der Waals surface area contributed by atoms with Crippen molar-refractivity contribution in [1.29, 1.82) is 0 Å². The van der Waals surface area contributed by atoms with Gasteiger partial charge in [-0.3, -0.25) is 9.78 Å². The molecule has 1 fully saturated rings. The highest BCUT2D eigenvalue weighted by Crippen LogP contribution is 2.21. The van der Waals surface area contributed by atoms with Gasteiger partial charge >= 0.3 is 0 Å². The van der Waals surface area contributed by atoms with Gasteiger partial charge in [-0.2, -0.15) is 0 Å². The second kappa shape index (κ2) is 4.01. The second-order valence-electron chi connectivity index (χ2n) is 4.24. The van der Waals surface area contributed by atoms with Crippen LogP contribution in [0.25, 0.3) is 0 Å². The van der Waals surface area contributed by atoms with E-state index in [1.165, 1.54) is 0 Å². The van der Waals surface area contributed by atoms with E-state index in [4.69, 9.17) is 0 Å². The third-order valence-corrected chi connectivity index (χ3v) is 2.75. The number of hydrogen-bond donors (Lipinski definition) is 0. The van der Waals surface area contributed by atoms with Crippen LogP contribution in [0.4, 0.5) is 5.69 Å². The lowest BCUT2D eigenvalue weighted by atomic mass is 10.1. The van der Waals surface area contributed by atoms with Crippen LogP contribution in [0.1, 0.15) is 38.3 Å². The maximum Gasteiger partial charge on any atom is 0.227 e. The first-order chi connectivity index (χ1) is 7.18. The van der Waals surface area contributed by atoms with Crippen molar-refractivity contribution in [2.45, 2.75) is 32.6 Å². The van der Waals surface area contributed by atoms with Crippen molar-refractivity contribution in [3.05, 3.63) is 24.0 Å². The van der Waals surface area contributed by atoms with Crippen LogP contribution >= 0.6 is 0 Å². The van der Waals surface area contributed by atoms with Crippen LogP contribution in [0.15, 0.2) is 18.3 Å². The van der Waals surface area contributed by atoms with Gasteiger partial charge in [0.1, 0.15) is 0 Å². The minimum atomic E-state index is 0.217. The Hall–Kier alpha value is -1.38. The average molecular weight is 204 g/mol. The number of carbonyl (C=O) groups is 1. The zero-order valence-corrected chi connectivity index (χ0v) is 9.23. The summed E-state index contributed by atoms with van der Waals surface area (Å²) in [4.78, 5) is 17.7. The zero-order valence-electron chi connectivity index (χ0n) is 9.23. The highest BCUT2D eigenvalue weighted by atomic mass is 16.2. The molecule has 0 bridgehead atoms. The van der Waals surface area contributed by atoms with Crippen LogP contribution in [0.2, 0.25) is 0 Å². The van der Waals surface area contributed by atoms with Crippen LogP contribution in [0, 0.1) is 0 Å². The van der Waals surface area contributed by atoms with E-state index in [9.17, 15) is 4.79 Å². The highest BCUT2D eigenvalue weighted by molar-refractivity contribution is 5.95. The van der Waals surface area contributed by atoms with E-state index < -0.39 is 0 Å². The van der Waals surface area contributed by atoms with Crippen LogP contribution in [-0.4, -0.2) is 17.4 Å². The molecule has 0 atom stereocenters. The maximum absolute atomic E-state index is 11.5. The molecule has 0 N–H and O–H groups in total. The molecule has 0 aromatic carbocycles. The molecule has 1 aliphatic heterocycles. The summed E-state index contributed by atoms with van der Waals surface area (Å²) in [5.41, 5.74) is 2.01. The van der Waals surface area contributed by atoms with E-state index in [-0.39, 0.29) is 5.91 Å². The number of amides is 1. The van der Waals surface area contributed by atoms with Gasteiger partial charge in [-0.05, 0) is 24.5 Å². The first-order valence-corrected chi connectivity index (χ1v) is 5.45. The van der Waals surface area contributed by atoms with Gasteiger partial charge in [-0.15, -0.1) is 0 Å². The fraction of sp³-hybridized carbons (Fsp3) is 0.500. The Kier molecular flexibility index (Phi) is 2.71. The average Bonchev–Trinajstić information content (AvgIpc) is 2.65. The Morgan fingerprint density at radius 1 is 1.40 bits per heavy atom. The molecule has 0 radical (unpaired) electrons. The lowest BCUT2D eigenvalue weighted by Gasteiger charge is -2.15. The van der Waals surface area contributed by atoms with Crippen molar-refractivity contribution in [3.8, 4) is 0 Å². The Labute approximate surface area is 90.1 Å². The molecule has 1 aliphatic rings. The largest absolute Gasteiger partial charge is 0.311 e. The van der Waals surface area contributed by atoms with Crippen molar-refractivity contribution in [2.24, 2.45) is 0 Å². The molecule has 1 saturated heterocycles. The molecule has 0 unspecified atom stereocenters. The molecule has 0 aliphatic carbocycles. The van der Waals surface area contributed by atoms with Gasteiger partial charge in [0.2, 0.25) is 5.91 Å². The molecule has 1 aromatic rings. The van der Waals surface area contributed by atoms with Gasteiger partial charge in [0, 0.05) is 18.7 Å². The smallest absolute Gasteiger partial charge is 0.227 e. The number of rotatable bonds is 2. The summed E-state index contributed by atoms with van der Waals surface area (Å²) in [5.74, 6) is 0.655. The van der Waals surface area contributed by atoms with Crippen LogP contribution < -0.4 is 4.90 Å². The molecular formula is C12H16N2O. The number of anilines is 1. The first-order valence-electron chi connectivity index (χ1n) is 5.45. The SMILES string of the molecule is CC(C)c1ccc(N2CCCC2=O)cn1. The van der Waals surface area contributed by atoms with Gasteiger partial charge in [-0.1, -0.05) is 13.8 Å². The van der Waals surface area contributed by atoms with Crippen molar-refractivity contribution < 1.29 is 4.79 Å². The van der Waals surface area contributed by atoms with Crippen molar-refractivity contribution >= 4 is 11.6 Å². The van der Waals surface area contributed by atoms with Crippen LogP contribution in [0.3, 0.4) is 0 Å². The molecule has 3 nitrogen and oxygen atoms in total. The molecule has 1 amide bonds. The molecule has 15 heavy (non-hydrogen) atoms. The van der Waals surface area contributed by atoms with Crippen molar-refractivity contribution in [2.75, 3.05) is 11.4 Å². The zero-order chi connectivity index (χ0) is 10.8.